The first-order valence-electron chi connectivity index (χ1n) is 8.90. The summed E-state index contributed by atoms with van der Waals surface area (Å²) in [6, 6.07) is 13.3. The third kappa shape index (κ3) is 8.15. The van der Waals surface area contributed by atoms with Crippen molar-refractivity contribution < 1.29 is 29.5 Å². The Bertz CT molecular complexity index is 855. The van der Waals surface area contributed by atoms with E-state index in [0.29, 0.717) is 12.2 Å². The molecule has 2 aromatic carbocycles. The third-order valence-electron chi connectivity index (χ3n) is 3.98. The lowest BCUT2D eigenvalue weighted by Crippen LogP contribution is -2.17. The molecule has 0 aliphatic rings. The van der Waals surface area contributed by atoms with Crippen LogP contribution in [0.1, 0.15) is 11.1 Å². The normalized spacial score (nSPS) is 9.83. The number of carbonyl (C=O) groups is 2. The molecule has 0 atom stereocenters. The lowest BCUT2D eigenvalue weighted by Gasteiger charge is -2.13. The number of methoxy groups -OCH3 is 1. The van der Waals surface area contributed by atoms with E-state index >= 15 is 0 Å². The predicted octanol–water partition coefficient (Wildman–Crippen LogP) is 2.16. The van der Waals surface area contributed by atoms with Crippen molar-refractivity contribution in [3.8, 4) is 5.75 Å². The number of benzene rings is 2. The monoisotopic (exact) mass is 419 g/mol. The summed E-state index contributed by atoms with van der Waals surface area (Å²) in [5, 5.41) is 29.3. The minimum atomic E-state index is -1.82. The molecule has 0 aliphatic heterocycles. The number of aliphatic carboxylic acids is 2. The SMILES string of the molecule is COc1ccc(CCNCc2ccc(N(C)C)c([N+](=O)[O-])c2)cc1.O=C(O)C(=O)O. The van der Waals surface area contributed by atoms with Crippen LogP contribution >= 0.6 is 0 Å². The van der Waals surface area contributed by atoms with Crippen LogP contribution in [0.3, 0.4) is 0 Å². The minimum absolute atomic E-state index is 0.134. The smallest absolute Gasteiger partial charge is 0.414 e. The fourth-order valence-electron chi connectivity index (χ4n) is 2.46. The minimum Gasteiger partial charge on any atom is -0.497 e. The van der Waals surface area contributed by atoms with Crippen molar-refractivity contribution in [2.24, 2.45) is 0 Å². The summed E-state index contributed by atoms with van der Waals surface area (Å²) in [6.45, 7) is 1.40. The molecule has 0 radical (unpaired) electrons. The zero-order chi connectivity index (χ0) is 22.7. The van der Waals surface area contributed by atoms with Gasteiger partial charge in [0.15, 0.2) is 0 Å². The van der Waals surface area contributed by atoms with E-state index in [9.17, 15) is 10.1 Å². The van der Waals surface area contributed by atoms with E-state index in [0.717, 1.165) is 24.3 Å². The molecule has 30 heavy (non-hydrogen) atoms. The number of carboxylic acids is 2. The maximum Gasteiger partial charge on any atom is 0.414 e. The van der Waals surface area contributed by atoms with Crippen molar-refractivity contribution in [1.82, 2.24) is 5.32 Å². The number of hydrogen-bond acceptors (Lipinski definition) is 7. The van der Waals surface area contributed by atoms with E-state index in [1.165, 1.54) is 5.56 Å². The Morgan fingerprint density at radius 2 is 1.63 bits per heavy atom. The standard InChI is InChI=1S/C18H23N3O3.C2H2O4/c1-20(2)17-9-6-15(12-18(17)21(22)23)13-19-11-10-14-4-7-16(24-3)8-5-14;3-1(4)2(5)6/h4-9,12,19H,10-11,13H2,1-3H3;(H,3,4)(H,5,6). The highest BCUT2D eigenvalue weighted by molar-refractivity contribution is 6.27. The van der Waals surface area contributed by atoms with E-state index < -0.39 is 11.9 Å². The Hall–Kier alpha value is -3.66. The van der Waals surface area contributed by atoms with Crippen LogP contribution in [0, 0.1) is 10.1 Å². The Labute approximate surface area is 173 Å². The van der Waals surface area contributed by atoms with E-state index in [4.69, 9.17) is 24.5 Å². The number of nitrogens with one attached hydrogen (secondary N) is 1. The molecular weight excluding hydrogens is 394 g/mol. The second kappa shape index (κ2) is 12.0. The highest BCUT2D eigenvalue weighted by atomic mass is 16.6. The van der Waals surface area contributed by atoms with Gasteiger partial charge in [0, 0.05) is 26.7 Å². The molecule has 0 unspecified atom stereocenters. The lowest BCUT2D eigenvalue weighted by atomic mass is 10.1. The quantitative estimate of drug-likeness (QED) is 0.254. The molecule has 3 N–H and O–H groups in total. The topological polar surface area (TPSA) is 142 Å². The van der Waals surface area contributed by atoms with Crippen molar-refractivity contribution >= 4 is 23.3 Å². The molecule has 10 nitrogen and oxygen atoms in total. The number of rotatable bonds is 8. The summed E-state index contributed by atoms with van der Waals surface area (Å²) < 4.78 is 5.14. The van der Waals surface area contributed by atoms with E-state index in [2.05, 4.69) is 5.32 Å². The van der Waals surface area contributed by atoms with Crippen molar-refractivity contribution in [2.75, 3.05) is 32.6 Å². The highest BCUT2D eigenvalue weighted by Gasteiger charge is 2.15. The van der Waals surface area contributed by atoms with Crippen LogP contribution in [0.2, 0.25) is 0 Å². The molecular formula is C20H25N3O7. The van der Waals surface area contributed by atoms with Crippen molar-refractivity contribution in [1.29, 1.82) is 0 Å². The predicted molar refractivity (Wildman–Crippen MR) is 111 cm³/mol. The molecule has 0 bridgehead atoms. The molecule has 2 aromatic rings. The Balaban J connectivity index is 0.000000656. The number of hydrogen-bond donors (Lipinski definition) is 3. The van der Waals surface area contributed by atoms with Crippen LogP contribution in [0.5, 0.6) is 5.75 Å². The second-order valence-electron chi connectivity index (χ2n) is 6.36. The average molecular weight is 419 g/mol. The fourth-order valence-corrected chi connectivity index (χ4v) is 2.46. The number of carboxylic acid groups (broad SMARTS) is 2. The van der Waals surface area contributed by atoms with Gasteiger partial charge in [-0.25, -0.2) is 9.59 Å². The van der Waals surface area contributed by atoms with E-state index in [1.807, 2.05) is 30.3 Å². The van der Waals surface area contributed by atoms with Crippen LogP contribution in [0.25, 0.3) is 0 Å². The first-order chi connectivity index (χ1) is 14.1. The molecule has 162 valence electrons. The maximum absolute atomic E-state index is 11.2. The Morgan fingerprint density at radius 3 is 2.10 bits per heavy atom. The van der Waals surface area contributed by atoms with Gasteiger partial charge in [0.25, 0.3) is 5.69 Å². The van der Waals surface area contributed by atoms with Gasteiger partial charge >= 0.3 is 11.9 Å². The summed E-state index contributed by atoms with van der Waals surface area (Å²) in [5.74, 6) is -2.80. The molecule has 10 heteroatoms. The van der Waals surface area contributed by atoms with Gasteiger partial charge in [0.2, 0.25) is 0 Å². The summed E-state index contributed by atoms with van der Waals surface area (Å²) in [5.41, 5.74) is 2.87. The molecule has 0 aliphatic carbocycles. The summed E-state index contributed by atoms with van der Waals surface area (Å²) in [4.78, 5) is 30.8. The van der Waals surface area contributed by atoms with Crippen molar-refractivity contribution in [2.45, 2.75) is 13.0 Å². The Kier molecular flexibility index (Phi) is 9.77. The van der Waals surface area contributed by atoms with Gasteiger partial charge in [0.1, 0.15) is 11.4 Å². The zero-order valence-corrected chi connectivity index (χ0v) is 17.0. The van der Waals surface area contributed by atoms with Crippen LogP contribution in [-0.2, 0) is 22.6 Å². The number of nitro benzene ring substituents is 1. The van der Waals surface area contributed by atoms with Gasteiger partial charge in [-0.15, -0.1) is 0 Å². The second-order valence-corrected chi connectivity index (χ2v) is 6.36. The number of nitrogens with zero attached hydrogens (tertiary/aromatic N) is 2. The summed E-state index contributed by atoms with van der Waals surface area (Å²) >= 11 is 0. The first kappa shape index (κ1) is 24.4. The lowest BCUT2D eigenvalue weighted by molar-refractivity contribution is -0.384. The van der Waals surface area contributed by atoms with Crippen LogP contribution in [0.4, 0.5) is 11.4 Å². The fraction of sp³-hybridized carbons (Fsp3) is 0.300. The molecule has 0 spiro atoms. The van der Waals surface area contributed by atoms with Crippen molar-refractivity contribution in [3.05, 3.63) is 63.7 Å². The largest absolute Gasteiger partial charge is 0.497 e. The number of nitro groups is 1. The average Bonchev–Trinajstić information content (AvgIpc) is 2.71. The van der Waals surface area contributed by atoms with Gasteiger partial charge in [0.05, 0.1) is 12.0 Å². The van der Waals surface area contributed by atoms with Crippen LogP contribution in [-0.4, -0.2) is 54.8 Å². The zero-order valence-electron chi connectivity index (χ0n) is 17.0. The van der Waals surface area contributed by atoms with E-state index in [1.54, 1.807) is 38.2 Å². The summed E-state index contributed by atoms with van der Waals surface area (Å²) in [6.07, 6.45) is 0.891. The number of anilines is 1. The van der Waals surface area contributed by atoms with Gasteiger partial charge in [-0.05, 0) is 42.3 Å². The van der Waals surface area contributed by atoms with Crippen LogP contribution < -0.4 is 15.0 Å². The molecule has 0 heterocycles. The molecule has 0 aromatic heterocycles. The Morgan fingerprint density at radius 1 is 1.07 bits per heavy atom. The first-order valence-corrected chi connectivity index (χ1v) is 8.90. The van der Waals surface area contributed by atoms with Gasteiger partial charge in [-0.2, -0.15) is 0 Å². The van der Waals surface area contributed by atoms with Crippen LogP contribution in [0.15, 0.2) is 42.5 Å². The third-order valence-corrected chi connectivity index (χ3v) is 3.98. The van der Waals surface area contributed by atoms with Gasteiger partial charge < -0.3 is 25.2 Å². The molecule has 0 saturated carbocycles. The van der Waals surface area contributed by atoms with Gasteiger partial charge in [-0.1, -0.05) is 18.2 Å². The van der Waals surface area contributed by atoms with E-state index in [-0.39, 0.29) is 10.6 Å². The number of ether oxygens (including phenoxy) is 1. The summed E-state index contributed by atoms with van der Waals surface area (Å²) in [7, 11) is 5.25. The molecule has 0 saturated heterocycles. The maximum atomic E-state index is 11.2. The highest BCUT2D eigenvalue weighted by Crippen LogP contribution is 2.27. The molecule has 0 fully saturated rings. The molecule has 2 rings (SSSR count). The van der Waals surface area contributed by atoms with Crippen molar-refractivity contribution in [3.63, 3.8) is 0 Å². The molecule has 0 amide bonds. The van der Waals surface area contributed by atoms with Gasteiger partial charge in [-0.3, -0.25) is 10.1 Å².